The highest BCUT2D eigenvalue weighted by Gasteiger charge is 2.29. The van der Waals surface area contributed by atoms with E-state index < -0.39 is 0 Å². The van der Waals surface area contributed by atoms with Gasteiger partial charge in [-0.25, -0.2) is 9.97 Å². The summed E-state index contributed by atoms with van der Waals surface area (Å²) < 4.78 is 0. The zero-order valence-electron chi connectivity index (χ0n) is 11.2. The van der Waals surface area contributed by atoms with Gasteiger partial charge in [0.2, 0.25) is 0 Å². The van der Waals surface area contributed by atoms with E-state index in [-0.39, 0.29) is 5.41 Å². The van der Waals surface area contributed by atoms with Crippen molar-refractivity contribution in [3.05, 3.63) is 23.8 Å². The van der Waals surface area contributed by atoms with Crippen LogP contribution in [-0.4, -0.2) is 28.0 Å². The summed E-state index contributed by atoms with van der Waals surface area (Å²) in [4.78, 5) is 11.1. The number of aryl methyl sites for hydroxylation is 1. The molecule has 0 aromatic carbocycles. The minimum Gasteiger partial charge on any atom is -0.297 e. The fraction of sp³-hybridized carbons (Fsp3) is 0.643. The Kier molecular flexibility index (Phi) is 3.93. The first-order valence-corrected chi connectivity index (χ1v) is 6.59. The summed E-state index contributed by atoms with van der Waals surface area (Å²) in [6.45, 7) is 6.96. The van der Waals surface area contributed by atoms with Gasteiger partial charge in [0.05, 0.1) is 17.2 Å². The third-order valence-corrected chi connectivity index (χ3v) is 3.69. The number of hydrogen-bond donors (Lipinski definition) is 0. The molecule has 0 spiro atoms. The van der Waals surface area contributed by atoms with E-state index >= 15 is 0 Å². The molecule has 1 aromatic heterocycles. The quantitative estimate of drug-likeness (QED) is 0.817. The van der Waals surface area contributed by atoms with Gasteiger partial charge in [-0.15, -0.1) is 0 Å². The summed E-state index contributed by atoms with van der Waals surface area (Å²) in [7, 11) is 0. The van der Waals surface area contributed by atoms with Crippen LogP contribution in [0, 0.1) is 16.7 Å². The molecule has 0 unspecified atom stereocenters. The molecule has 0 bridgehead atoms. The van der Waals surface area contributed by atoms with Gasteiger partial charge in [0.15, 0.2) is 0 Å². The molecule has 2 heterocycles. The second kappa shape index (κ2) is 5.45. The van der Waals surface area contributed by atoms with Gasteiger partial charge in [0.1, 0.15) is 5.82 Å². The molecule has 0 atom stereocenters. The molecule has 4 heteroatoms. The number of hydrogen-bond acceptors (Lipinski definition) is 4. The summed E-state index contributed by atoms with van der Waals surface area (Å²) in [5.41, 5.74) is 0.957. The van der Waals surface area contributed by atoms with Gasteiger partial charge >= 0.3 is 0 Å². The lowest BCUT2D eigenvalue weighted by atomic mass is 9.82. The molecular weight excluding hydrogens is 224 g/mol. The van der Waals surface area contributed by atoms with Gasteiger partial charge in [0.25, 0.3) is 0 Å². The number of piperidine rings is 1. The fourth-order valence-electron chi connectivity index (χ4n) is 2.25. The van der Waals surface area contributed by atoms with Crippen LogP contribution in [0.5, 0.6) is 0 Å². The lowest BCUT2D eigenvalue weighted by Crippen LogP contribution is -2.37. The van der Waals surface area contributed by atoms with E-state index in [0.29, 0.717) is 0 Å². The lowest BCUT2D eigenvalue weighted by Gasteiger charge is -2.34. The topological polar surface area (TPSA) is 52.8 Å². The van der Waals surface area contributed by atoms with E-state index in [1.54, 1.807) is 0 Å². The summed E-state index contributed by atoms with van der Waals surface area (Å²) in [6.07, 6.45) is 4.62. The third kappa shape index (κ3) is 3.05. The summed E-state index contributed by atoms with van der Waals surface area (Å²) in [5, 5.41) is 9.11. The standard InChI is InChI=1S/C14H20N4/c1-3-13-16-7-4-12(17-13)10-18-8-5-14(2,11-15)6-9-18/h4,7H,3,5-6,8-10H2,1-2H3. The van der Waals surface area contributed by atoms with E-state index in [1.165, 1.54) is 0 Å². The van der Waals surface area contributed by atoms with Gasteiger partial charge in [0, 0.05) is 32.3 Å². The molecule has 0 saturated carbocycles. The zero-order chi connectivity index (χ0) is 13.0. The summed E-state index contributed by atoms with van der Waals surface area (Å²) in [5.74, 6) is 0.909. The van der Waals surface area contributed by atoms with Crippen molar-refractivity contribution in [2.24, 2.45) is 5.41 Å². The predicted molar refractivity (Wildman–Crippen MR) is 69.6 cm³/mol. The maximum absolute atomic E-state index is 9.11. The number of nitriles is 1. The Bertz CT molecular complexity index is 441. The lowest BCUT2D eigenvalue weighted by molar-refractivity contribution is 0.149. The molecule has 2 rings (SSSR count). The first-order chi connectivity index (χ1) is 8.65. The van der Waals surface area contributed by atoms with Gasteiger partial charge in [-0.1, -0.05) is 6.92 Å². The summed E-state index contributed by atoms with van der Waals surface area (Å²) >= 11 is 0. The largest absolute Gasteiger partial charge is 0.297 e. The van der Waals surface area contributed by atoms with Crippen LogP contribution < -0.4 is 0 Å². The zero-order valence-corrected chi connectivity index (χ0v) is 11.2. The van der Waals surface area contributed by atoms with E-state index in [4.69, 9.17) is 5.26 Å². The monoisotopic (exact) mass is 244 g/mol. The van der Waals surface area contributed by atoms with Crippen molar-refractivity contribution in [1.29, 1.82) is 5.26 Å². The van der Waals surface area contributed by atoms with Crippen LogP contribution >= 0.6 is 0 Å². The predicted octanol–water partition coefficient (Wildman–Crippen LogP) is 2.16. The SMILES string of the molecule is CCc1nccc(CN2CCC(C)(C#N)CC2)n1. The Labute approximate surface area is 109 Å². The van der Waals surface area contributed by atoms with E-state index in [2.05, 4.69) is 34.8 Å². The Morgan fingerprint density at radius 3 is 2.78 bits per heavy atom. The second-order valence-electron chi connectivity index (χ2n) is 5.27. The van der Waals surface area contributed by atoms with Crippen LogP contribution in [-0.2, 0) is 13.0 Å². The second-order valence-corrected chi connectivity index (χ2v) is 5.27. The van der Waals surface area contributed by atoms with Gasteiger partial charge in [-0.3, -0.25) is 4.90 Å². The molecule has 0 aliphatic carbocycles. The molecule has 0 radical (unpaired) electrons. The maximum Gasteiger partial charge on any atom is 0.128 e. The average molecular weight is 244 g/mol. The highest BCUT2D eigenvalue weighted by atomic mass is 15.1. The fourth-order valence-corrected chi connectivity index (χ4v) is 2.25. The number of nitrogens with zero attached hydrogens (tertiary/aromatic N) is 4. The van der Waals surface area contributed by atoms with E-state index in [0.717, 1.165) is 50.4 Å². The van der Waals surface area contributed by atoms with Crippen LogP contribution in [0.2, 0.25) is 0 Å². The first kappa shape index (κ1) is 13.0. The molecule has 0 amide bonds. The van der Waals surface area contributed by atoms with Gasteiger partial charge in [-0.2, -0.15) is 5.26 Å². The van der Waals surface area contributed by atoms with Crippen molar-refractivity contribution in [1.82, 2.24) is 14.9 Å². The van der Waals surface area contributed by atoms with Crippen molar-refractivity contribution in [2.75, 3.05) is 13.1 Å². The Balaban J connectivity index is 1.93. The number of rotatable bonds is 3. The van der Waals surface area contributed by atoms with Crippen LogP contribution in [0.3, 0.4) is 0 Å². The van der Waals surface area contributed by atoms with Gasteiger partial charge < -0.3 is 0 Å². The Morgan fingerprint density at radius 2 is 2.17 bits per heavy atom. The maximum atomic E-state index is 9.11. The average Bonchev–Trinajstić information content (AvgIpc) is 2.42. The van der Waals surface area contributed by atoms with Gasteiger partial charge in [-0.05, 0) is 25.8 Å². The van der Waals surface area contributed by atoms with Crippen LogP contribution in [0.4, 0.5) is 0 Å². The molecular formula is C14H20N4. The van der Waals surface area contributed by atoms with E-state index in [1.807, 2.05) is 12.3 Å². The van der Waals surface area contributed by atoms with Crippen molar-refractivity contribution in [3.63, 3.8) is 0 Å². The molecule has 0 N–H and O–H groups in total. The van der Waals surface area contributed by atoms with Crippen LogP contribution in [0.25, 0.3) is 0 Å². The number of likely N-dealkylation sites (tertiary alicyclic amines) is 1. The molecule has 1 saturated heterocycles. The van der Waals surface area contributed by atoms with Crippen molar-refractivity contribution in [2.45, 2.75) is 39.7 Å². The smallest absolute Gasteiger partial charge is 0.128 e. The molecule has 1 aliphatic heterocycles. The molecule has 4 nitrogen and oxygen atoms in total. The van der Waals surface area contributed by atoms with E-state index in [9.17, 15) is 0 Å². The molecule has 1 fully saturated rings. The normalized spacial score (nSPS) is 19.4. The van der Waals surface area contributed by atoms with Crippen LogP contribution in [0.15, 0.2) is 12.3 Å². The molecule has 96 valence electrons. The molecule has 1 aromatic rings. The molecule has 18 heavy (non-hydrogen) atoms. The van der Waals surface area contributed by atoms with Crippen LogP contribution in [0.1, 0.15) is 38.2 Å². The highest BCUT2D eigenvalue weighted by molar-refractivity contribution is 5.04. The Morgan fingerprint density at radius 1 is 1.44 bits per heavy atom. The third-order valence-electron chi connectivity index (χ3n) is 3.69. The first-order valence-electron chi connectivity index (χ1n) is 6.59. The Hall–Kier alpha value is -1.47. The van der Waals surface area contributed by atoms with Crippen molar-refractivity contribution in [3.8, 4) is 6.07 Å². The molecule has 1 aliphatic rings. The highest BCUT2D eigenvalue weighted by Crippen LogP contribution is 2.30. The minimum absolute atomic E-state index is 0.128. The van der Waals surface area contributed by atoms with Crippen molar-refractivity contribution < 1.29 is 0 Å². The number of aromatic nitrogens is 2. The minimum atomic E-state index is -0.128. The van der Waals surface area contributed by atoms with Crippen molar-refractivity contribution >= 4 is 0 Å². The summed E-state index contributed by atoms with van der Waals surface area (Å²) in [6, 6.07) is 4.41.